The largest absolute Gasteiger partial charge is 0.391 e. The maximum Gasteiger partial charge on any atom is 0.0991 e. The van der Waals surface area contributed by atoms with Gasteiger partial charge in [0, 0.05) is 50.2 Å². The lowest BCUT2D eigenvalue weighted by Gasteiger charge is -2.14. The van der Waals surface area contributed by atoms with Gasteiger partial charge in [-0.2, -0.15) is 0 Å². The molecule has 6 heteroatoms. The van der Waals surface area contributed by atoms with Crippen molar-refractivity contribution in [2.24, 2.45) is 5.92 Å². The molecule has 2 unspecified atom stereocenters. The van der Waals surface area contributed by atoms with Crippen LogP contribution in [0, 0.1) is 5.92 Å². The Labute approximate surface area is 130 Å². The fourth-order valence-electron chi connectivity index (χ4n) is 2.53. The summed E-state index contributed by atoms with van der Waals surface area (Å²) in [5, 5.41) is 16.3. The number of hydrogen-bond acceptors (Lipinski definition) is 4. The van der Waals surface area contributed by atoms with E-state index in [1.165, 1.54) is 5.56 Å². The van der Waals surface area contributed by atoms with E-state index in [9.17, 15) is 5.11 Å². The molecule has 21 heavy (non-hydrogen) atoms. The average molecular weight is 309 g/mol. The maximum atomic E-state index is 9.72. The van der Waals surface area contributed by atoms with E-state index in [2.05, 4.69) is 39.9 Å². The number of aliphatic hydroxyl groups is 1. The summed E-state index contributed by atoms with van der Waals surface area (Å²) in [5.74, 6) is 0.320. The molecule has 0 saturated carbocycles. The van der Waals surface area contributed by atoms with E-state index in [1.807, 2.05) is 10.8 Å². The summed E-state index contributed by atoms with van der Waals surface area (Å²) in [4.78, 5) is 4.04. The van der Waals surface area contributed by atoms with Crippen molar-refractivity contribution in [1.82, 2.24) is 20.2 Å². The Morgan fingerprint density at radius 1 is 1.29 bits per heavy atom. The van der Waals surface area contributed by atoms with E-state index >= 15 is 0 Å². The van der Waals surface area contributed by atoms with Crippen molar-refractivity contribution < 1.29 is 5.11 Å². The molecule has 1 aromatic carbocycles. The molecule has 0 bridgehead atoms. The number of halogens is 1. The SMILES string of the molecule is Cl.OC1CNCC1CNCc1ccc(-n2ccnc2)cc1. The van der Waals surface area contributed by atoms with E-state index in [1.54, 1.807) is 12.5 Å². The van der Waals surface area contributed by atoms with Crippen LogP contribution in [0.4, 0.5) is 0 Å². The first-order valence-corrected chi connectivity index (χ1v) is 7.00. The molecule has 2 atom stereocenters. The molecule has 1 aliphatic heterocycles. The molecule has 1 aliphatic rings. The molecule has 0 amide bonds. The number of rotatable bonds is 5. The molecule has 1 saturated heterocycles. The first-order chi connectivity index (χ1) is 9.83. The van der Waals surface area contributed by atoms with Crippen LogP contribution in [0.15, 0.2) is 43.0 Å². The smallest absolute Gasteiger partial charge is 0.0991 e. The lowest BCUT2D eigenvalue weighted by Crippen LogP contribution is -2.30. The van der Waals surface area contributed by atoms with Crippen molar-refractivity contribution in [3.8, 4) is 5.69 Å². The van der Waals surface area contributed by atoms with Crippen LogP contribution in [-0.2, 0) is 6.54 Å². The highest BCUT2D eigenvalue weighted by Crippen LogP contribution is 2.10. The summed E-state index contributed by atoms with van der Waals surface area (Å²) in [6.07, 6.45) is 5.28. The minimum atomic E-state index is -0.217. The number of nitrogens with zero attached hydrogens (tertiary/aromatic N) is 2. The third-order valence-electron chi connectivity index (χ3n) is 3.78. The Bertz CT molecular complexity index is 529. The summed E-state index contributed by atoms with van der Waals surface area (Å²) < 4.78 is 1.98. The second-order valence-electron chi connectivity index (χ2n) is 5.25. The summed E-state index contributed by atoms with van der Waals surface area (Å²) in [5.41, 5.74) is 2.36. The molecule has 3 N–H and O–H groups in total. The van der Waals surface area contributed by atoms with Gasteiger partial charge in [0.25, 0.3) is 0 Å². The molecule has 0 spiro atoms. The van der Waals surface area contributed by atoms with Crippen molar-refractivity contribution in [3.63, 3.8) is 0 Å². The Morgan fingerprint density at radius 3 is 2.71 bits per heavy atom. The molecular weight excluding hydrogens is 288 g/mol. The van der Waals surface area contributed by atoms with Gasteiger partial charge in [0.15, 0.2) is 0 Å². The number of aromatic nitrogens is 2. The molecule has 0 radical (unpaired) electrons. The standard InChI is InChI=1S/C15H20N4O.ClH/c20-15-10-18-9-13(15)8-17-7-12-1-3-14(4-2-12)19-6-5-16-11-19;/h1-6,11,13,15,17-18,20H,7-10H2;1H. The first-order valence-electron chi connectivity index (χ1n) is 7.00. The highest BCUT2D eigenvalue weighted by Gasteiger charge is 2.23. The van der Waals surface area contributed by atoms with Gasteiger partial charge in [-0.1, -0.05) is 12.1 Å². The van der Waals surface area contributed by atoms with Crippen molar-refractivity contribution >= 4 is 12.4 Å². The average Bonchev–Trinajstić information content (AvgIpc) is 3.12. The number of hydrogen-bond donors (Lipinski definition) is 3. The van der Waals surface area contributed by atoms with Crippen molar-refractivity contribution in [3.05, 3.63) is 48.5 Å². The molecule has 3 rings (SSSR count). The maximum absolute atomic E-state index is 9.72. The van der Waals surface area contributed by atoms with Crippen molar-refractivity contribution in [2.45, 2.75) is 12.6 Å². The van der Waals surface area contributed by atoms with E-state index < -0.39 is 0 Å². The first kappa shape index (κ1) is 16.0. The zero-order chi connectivity index (χ0) is 13.8. The topological polar surface area (TPSA) is 62.1 Å². The highest BCUT2D eigenvalue weighted by molar-refractivity contribution is 5.85. The van der Waals surface area contributed by atoms with Crippen LogP contribution in [-0.4, -0.2) is 40.4 Å². The minimum Gasteiger partial charge on any atom is -0.391 e. The lowest BCUT2D eigenvalue weighted by atomic mass is 10.1. The van der Waals surface area contributed by atoms with Gasteiger partial charge in [0.05, 0.1) is 12.4 Å². The number of aliphatic hydroxyl groups excluding tert-OH is 1. The van der Waals surface area contributed by atoms with Crippen molar-refractivity contribution in [2.75, 3.05) is 19.6 Å². The van der Waals surface area contributed by atoms with Gasteiger partial charge >= 0.3 is 0 Å². The van der Waals surface area contributed by atoms with E-state index in [4.69, 9.17) is 0 Å². The monoisotopic (exact) mass is 308 g/mol. The molecule has 5 nitrogen and oxygen atoms in total. The predicted octanol–water partition coefficient (Wildman–Crippen LogP) is 0.964. The van der Waals surface area contributed by atoms with E-state index in [0.717, 1.165) is 25.3 Å². The second kappa shape index (κ2) is 7.56. The number of β-amino-alcohol motifs (C(OH)–C–C–N with tert-alkyl or cyclic N) is 1. The Morgan fingerprint density at radius 2 is 2.10 bits per heavy atom. The molecule has 1 aromatic heterocycles. The van der Waals surface area contributed by atoms with Crippen LogP contribution in [0.3, 0.4) is 0 Å². The van der Waals surface area contributed by atoms with Gasteiger partial charge in [-0.15, -0.1) is 12.4 Å². The lowest BCUT2D eigenvalue weighted by molar-refractivity contribution is 0.146. The van der Waals surface area contributed by atoms with E-state index in [0.29, 0.717) is 12.5 Å². The van der Waals surface area contributed by atoms with Crippen LogP contribution in [0.2, 0.25) is 0 Å². The Hall–Kier alpha value is -1.40. The summed E-state index contributed by atoms with van der Waals surface area (Å²) in [6.45, 7) is 3.28. The van der Waals surface area contributed by atoms with Gasteiger partial charge in [0.1, 0.15) is 0 Å². The fraction of sp³-hybridized carbons (Fsp3) is 0.400. The van der Waals surface area contributed by atoms with Gasteiger partial charge in [-0.25, -0.2) is 4.98 Å². The van der Waals surface area contributed by atoms with Crippen LogP contribution in [0.25, 0.3) is 5.69 Å². The number of benzene rings is 1. The predicted molar refractivity (Wildman–Crippen MR) is 84.9 cm³/mol. The highest BCUT2D eigenvalue weighted by atomic mass is 35.5. The molecule has 1 fully saturated rings. The van der Waals surface area contributed by atoms with Gasteiger partial charge in [-0.05, 0) is 17.7 Å². The summed E-state index contributed by atoms with van der Waals surface area (Å²) in [7, 11) is 0. The van der Waals surface area contributed by atoms with E-state index in [-0.39, 0.29) is 18.5 Å². The van der Waals surface area contributed by atoms with Gasteiger partial charge < -0.3 is 20.3 Å². The molecule has 0 aliphatic carbocycles. The van der Waals surface area contributed by atoms with Gasteiger partial charge in [-0.3, -0.25) is 0 Å². The second-order valence-corrected chi connectivity index (χ2v) is 5.25. The molecule has 114 valence electrons. The normalized spacial score (nSPS) is 21.2. The molecule has 2 aromatic rings. The quantitative estimate of drug-likeness (QED) is 0.770. The minimum absolute atomic E-state index is 0. The zero-order valence-corrected chi connectivity index (χ0v) is 12.6. The summed E-state index contributed by atoms with van der Waals surface area (Å²) >= 11 is 0. The van der Waals surface area contributed by atoms with Crippen molar-refractivity contribution in [1.29, 1.82) is 0 Å². The number of nitrogens with one attached hydrogen (secondary N) is 2. The fourth-order valence-corrected chi connectivity index (χ4v) is 2.53. The zero-order valence-electron chi connectivity index (χ0n) is 11.8. The van der Waals surface area contributed by atoms with Crippen LogP contribution < -0.4 is 10.6 Å². The van der Waals surface area contributed by atoms with Gasteiger partial charge in [0.2, 0.25) is 0 Å². The number of imidazole rings is 1. The third-order valence-corrected chi connectivity index (χ3v) is 3.78. The molecular formula is C15H21ClN4O. The Kier molecular flexibility index (Phi) is 5.76. The van der Waals surface area contributed by atoms with Crippen LogP contribution in [0.5, 0.6) is 0 Å². The summed E-state index contributed by atoms with van der Waals surface area (Å²) in [6, 6.07) is 8.41. The third kappa shape index (κ3) is 4.04. The van der Waals surface area contributed by atoms with Crippen LogP contribution in [0.1, 0.15) is 5.56 Å². The Balaban J connectivity index is 0.00000161. The molecule has 2 heterocycles. The van der Waals surface area contributed by atoms with Crippen LogP contribution >= 0.6 is 12.4 Å².